The molecule has 0 amide bonds. The van der Waals surface area contributed by atoms with Gasteiger partial charge in [0, 0.05) is 19.7 Å². The first-order valence-electron chi connectivity index (χ1n) is 5.11. The average Bonchev–Trinajstić information content (AvgIpc) is 2.51. The highest BCUT2D eigenvalue weighted by molar-refractivity contribution is 4.86. The Kier molecular flexibility index (Phi) is 4.16. The predicted molar refractivity (Wildman–Crippen MR) is 52.8 cm³/mol. The zero-order valence-electron chi connectivity index (χ0n) is 8.68. The number of methoxy groups -OCH3 is 1. The Hall–Kier alpha value is -0.120. The fourth-order valence-corrected chi connectivity index (χ4v) is 1.88. The zero-order valence-corrected chi connectivity index (χ0v) is 8.68. The first-order chi connectivity index (χ1) is 6.16. The molecule has 1 fully saturated rings. The largest absolute Gasteiger partial charge is 0.389 e. The van der Waals surface area contributed by atoms with Crippen LogP contribution in [-0.2, 0) is 4.74 Å². The van der Waals surface area contributed by atoms with Gasteiger partial charge in [0.15, 0.2) is 0 Å². The van der Waals surface area contributed by atoms with E-state index in [2.05, 4.69) is 12.2 Å². The molecule has 1 unspecified atom stereocenters. The molecule has 0 heterocycles. The summed E-state index contributed by atoms with van der Waals surface area (Å²) < 4.78 is 5.01. The van der Waals surface area contributed by atoms with E-state index in [-0.39, 0.29) is 0 Å². The molecular weight excluding hydrogens is 166 g/mol. The van der Waals surface area contributed by atoms with Crippen LogP contribution in [0.25, 0.3) is 0 Å². The molecule has 3 nitrogen and oxygen atoms in total. The standard InChI is InChI=1S/C10H21NO2/c1-9(7-13-2)11-8-10(12)5-3-4-6-10/h9,11-12H,3-8H2,1-2H3. The lowest BCUT2D eigenvalue weighted by molar-refractivity contribution is 0.0416. The van der Waals surface area contributed by atoms with Gasteiger partial charge in [-0.25, -0.2) is 0 Å². The van der Waals surface area contributed by atoms with Crippen molar-refractivity contribution in [3.63, 3.8) is 0 Å². The van der Waals surface area contributed by atoms with E-state index in [0.717, 1.165) is 25.7 Å². The Morgan fingerprint density at radius 3 is 2.62 bits per heavy atom. The quantitative estimate of drug-likeness (QED) is 0.672. The molecule has 1 aliphatic rings. The van der Waals surface area contributed by atoms with Gasteiger partial charge in [-0.3, -0.25) is 0 Å². The second-order valence-corrected chi connectivity index (χ2v) is 4.17. The second kappa shape index (κ2) is 4.94. The molecule has 0 aromatic carbocycles. The highest BCUT2D eigenvalue weighted by atomic mass is 16.5. The van der Waals surface area contributed by atoms with Gasteiger partial charge < -0.3 is 15.2 Å². The van der Waals surface area contributed by atoms with Crippen LogP contribution in [0.2, 0.25) is 0 Å². The molecule has 0 bridgehead atoms. The highest BCUT2D eigenvalue weighted by Crippen LogP contribution is 2.28. The summed E-state index contributed by atoms with van der Waals surface area (Å²) in [5.74, 6) is 0. The maximum Gasteiger partial charge on any atom is 0.0771 e. The molecule has 0 aliphatic heterocycles. The fraction of sp³-hybridized carbons (Fsp3) is 1.00. The topological polar surface area (TPSA) is 41.5 Å². The first kappa shape index (κ1) is 11.0. The van der Waals surface area contributed by atoms with Crippen LogP contribution in [0.5, 0.6) is 0 Å². The van der Waals surface area contributed by atoms with Gasteiger partial charge in [0.2, 0.25) is 0 Å². The van der Waals surface area contributed by atoms with E-state index in [1.165, 1.54) is 0 Å². The van der Waals surface area contributed by atoms with Gasteiger partial charge in [0.25, 0.3) is 0 Å². The van der Waals surface area contributed by atoms with Crippen LogP contribution in [-0.4, -0.2) is 37.0 Å². The summed E-state index contributed by atoms with van der Waals surface area (Å²) >= 11 is 0. The van der Waals surface area contributed by atoms with Crippen molar-refractivity contribution in [1.29, 1.82) is 0 Å². The number of rotatable bonds is 5. The molecule has 0 radical (unpaired) electrons. The second-order valence-electron chi connectivity index (χ2n) is 4.17. The number of aliphatic hydroxyl groups is 1. The zero-order chi connectivity index (χ0) is 9.73. The molecule has 78 valence electrons. The molecule has 1 saturated carbocycles. The van der Waals surface area contributed by atoms with E-state index < -0.39 is 5.60 Å². The lowest BCUT2D eigenvalue weighted by Crippen LogP contribution is -2.43. The molecule has 0 saturated heterocycles. The van der Waals surface area contributed by atoms with Crippen LogP contribution in [0.3, 0.4) is 0 Å². The number of ether oxygens (including phenoxy) is 1. The lowest BCUT2D eigenvalue weighted by Gasteiger charge is -2.24. The van der Waals surface area contributed by atoms with Crippen LogP contribution in [0.4, 0.5) is 0 Å². The Morgan fingerprint density at radius 2 is 2.08 bits per heavy atom. The van der Waals surface area contributed by atoms with Gasteiger partial charge in [-0.05, 0) is 19.8 Å². The van der Waals surface area contributed by atoms with Crippen LogP contribution < -0.4 is 5.32 Å². The summed E-state index contributed by atoms with van der Waals surface area (Å²) in [5.41, 5.74) is -0.442. The molecule has 1 rings (SSSR count). The third-order valence-electron chi connectivity index (χ3n) is 2.73. The molecular formula is C10H21NO2. The van der Waals surface area contributed by atoms with Crippen molar-refractivity contribution in [3.8, 4) is 0 Å². The molecule has 0 spiro atoms. The lowest BCUT2D eigenvalue weighted by atomic mass is 10.0. The van der Waals surface area contributed by atoms with E-state index in [0.29, 0.717) is 19.2 Å². The van der Waals surface area contributed by atoms with Crippen LogP contribution >= 0.6 is 0 Å². The maximum atomic E-state index is 10.0. The van der Waals surface area contributed by atoms with Gasteiger partial charge in [0.05, 0.1) is 12.2 Å². The molecule has 1 atom stereocenters. The number of hydrogen-bond donors (Lipinski definition) is 2. The third-order valence-corrected chi connectivity index (χ3v) is 2.73. The van der Waals surface area contributed by atoms with Crippen molar-refractivity contribution in [2.45, 2.75) is 44.2 Å². The van der Waals surface area contributed by atoms with Crippen molar-refractivity contribution in [2.24, 2.45) is 0 Å². The minimum absolute atomic E-state index is 0.328. The summed E-state index contributed by atoms with van der Waals surface area (Å²) in [6, 6.07) is 0.328. The van der Waals surface area contributed by atoms with Crippen molar-refractivity contribution in [1.82, 2.24) is 5.32 Å². The molecule has 0 aromatic heterocycles. The van der Waals surface area contributed by atoms with E-state index in [1.807, 2.05) is 0 Å². The minimum Gasteiger partial charge on any atom is -0.389 e. The van der Waals surface area contributed by atoms with E-state index in [9.17, 15) is 5.11 Å². The number of nitrogens with one attached hydrogen (secondary N) is 1. The molecule has 13 heavy (non-hydrogen) atoms. The maximum absolute atomic E-state index is 10.0. The monoisotopic (exact) mass is 187 g/mol. The van der Waals surface area contributed by atoms with Crippen molar-refractivity contribution >= 4 is 0 Å². The van der Waals surface area contributed by atoms with Gasteiger partial charge in [-0.1, -0.05) is 12.8 Å². The SMILES string of the molecule is COCC(C)NCC1(O)CCCC1. The third kappa shape index (κ3) is 3.63. The smallest absolute Gasteiger partial charge is 0.0771 e. The average molecular weight is 187 g/mol. The predicted octanol–water partition coefficient (Wildman–Crippen LogP) is 0.916. The normalized spacial score (nSPS) is 23.3. The van der Waals surface area contributed by atoms with Crippen LogP contribution in [0, 0.1) is 0 Å². The van der Waals surface area contributed by atoms with E-state index in [1.54, 1.807) is 7.11 Å². The Morgan fingerprint density at radius 1 is 1.46 bits per heavy atom. The van der Waals surface area contributed by atoms with E-state index in [4.69, 9.17) is 4.74 Å². The molecule has 3 heteroatoms. The van der Waals surface area contributed by atoms with Gasteiger partial charge in [-0.15, -0.1) is 0 Å². The number of hydrogen-bond acceptors (Lipinski definition) is 3. The Labute approximate surface area is 80.5 Å². The van der Waals surface area contributed by atoms with Gasteiger partial charge in [-0.2, -0.15) is 0 Å². The summed E-state index contributed by atoms with van der Waals surface area (Å²) in [7, 11) is 1.70. The van der Waals surface area contributed by atoms with Gasteiger partial charge in [0.1, 0.15) is 0 Å². The highest BCUT2D eigenvalue weighted by Gasteiger charge is 2.30. The Balaban J connectivity index is 2.17. The summed E-state index contributed by atoms with van der Waals surface area (Å²) in [5, 5.41) is 13.3. The summed E-state index contributed by atoms with van der Waals surface area (Å²) in [6.45, 7) is 3.48. The van der Waals surface area contributed by atoms with Crippen LogP contribution in [0.1, 0.15) is 32.6 Å². The summed E-state index contributed by atoms with van der Waals surface area (Å²) in [6.07, 6.45) is 4.22. The van der Waals surface area contributed by atoms with Crippen molar-refractivity contribution in [3.05, 3.63) is 0 Å². The fourth-order valence-electron chi connectivity index (χ4n) is 1.88. The molecule has 1 aliphatic carbocycles. The molecule has 2 N–H and O–H groups in total. The Bertz CT molecular complexity index is 144. The van der Waals surface area contributed by atoms with Crippen molar-refractivity contribution in [2.75, 3.05) is 20.3 Å². The van der Waals surface area contributed by atoms with Gasteiger partial charge >= 0.3 is 0 Å². The minimum atomic E-state index is -0.442. The summed E-state index contributed by atoms with van der Waals surface area (Å²) in [4.78, 5) is 0. The molecule has 0 aromatic rings. The van der Waals surface area contributed by atoms with Crippen molar-refractivity contribution < 1.29 is 9.84 Å². The van der Waals surface area contributed by atoms with E-state index >= 15 is 0 Å². The first-order valence-corrected chi connectivity index (χ1v) is 5.11. The van der Waals surface area contributed by atoms with Crippen LogP contribution in [0.15, 0.2) is 0 Å².